The highest BCUT2D eigenvalue weighted by Gasteiger charge is 2.28. The molecule has 0 bridgehead atoms. The Labute approximate surface area is 106 Å². The Morgan fingerprint density at radius 1 is 1.16 bits per heavy atom. The van der Waals surface area contributed by atoms with Crippen LogP contribution < -0.4 is 4.74 Å². The van der Waals surface area contributed by atoms with Crippen LogP contribution in [0.15, 0.2) is 34.9 Å². The van der Waals surface area contributed by atoms with E-state index in [-0.39, 0.29) is 11.3 Å². The summed E-state index contributed by atoms with van der Waals surface area (Å²) in [5.41, 5.74) is -0.726. The molecule has 0 radical (unpaired) electrons. The molecular formula is C11H8N2O6. The van der Waals surface area contributed by atoms with E-state index in [1.807, 2.05) is 0 Å². The summed E-state index contributed by atoms with van der Waals surface area (Å²) in [5, 5.41) is 21.9. The highest BCUT2D eigenvalue weighted by molar-refractivity contribution is 5.72. The Morgan fingerprint density at radius 2 is 1.74 bits per heavy atom. The lowest BCUT2D eigenvalue weighted by Gasteiger charge is -2.04. The fourth-order valence-electron chi connectivity index (χ4n) is 1.66. The number of hydrogen-bond acceptors (Lipinski definition) is 6. The van der Waals surface area contributed by atoms with E-state index >= 15 is 0 Å². The Balaban J connectivity index is 2.72. The smallest absolute Gasteiger partial charge is 0.319 e. The molecule has 0 aliphatic heterocycles. The maximum atomic E-state index is 10.9. The van der Waals surface area contributed by atoms with Gasteiger partial charge in [0.2, 0.25) is 0 Å². The summed E-state index contributed by atoms with van der Waals surface area (Å²) in [4.78, 5) is 20.4. The van der Waals surface area contributed by atoms with Gasteiger partial charge in [-0.2, -0.15) is 0 Å². The van der Waals surface area contributed by atoms with Crippen molar-refractivity contribution in [2.75, 3.05) is 7.11 Å². The number of rotatable bonds is 4. The van der Waals surface area contributed by atoms with Crippen molar-refractivity contribution in [3.63, 3.8) is 0 Å². The van der Waals surface area contributed by atoms with Crippen LogP contribution in [0.2, 0.25) is 0 Å². The largest absolute Gasteiger partial charge is 0.485 e. The van der Waals surface area contributed by atoms with Gasteiger partial charge in [0.05, 0.1) is 23.2 Å². The third-order valence-electron chi connectivity index (χ3n) is 2.45. The lowest BCUT2D eigenvalue weighted by Crippen LogP contribution is -1.99. The predicted molar refractivity (Wildman–Crippen MR) is 64.0 cm³/mol. The van der Waals surface area contributed by atoms with Gasteiger partial charge >= 0.3 is 11.4 Å². The zero-order chi connectivity index (χ0) is 14.0. The molecule has 8 heteroatoms. The second-order valence-electron chi connectivity index (χ2n) is 3.54. The monoisotopic (exact) mass is 264 g/mol. The highest BCUT2D eigenvalue weighted by atomic mass is 16.6. The fourth-order valence-corrected chi connectivity index (χ4v) is 1.66. The van der Waals surface area contributed by atoms with E-state index in [2.05, 4.69) is 0 Å². The average Bonchev–Trinajstić information content (AvgIpc) is 2.90. The third-order valence-corrected chi connectivity index (χ3v) is 2.45. The highest BCUT2D eigenvalue weighted by Crippen LogP contribution is 2.40. The van der Waals surface area contributed by atoms with Crippen LogP contribution in [0.4, 0.5) is 11.4 Å². The minimum Gasteiger partial charge on any atom is -0.485 e. The molecule has 2 aromatic rings. The summed E-state index contributed by atoms with van der Waals surface area (Å²) in [5.74, 6) is -0.0841. The van der Waals surface area contributed by atoms with Gasteiger partial charge in [0.25, 0.3) is 5.75 Å². The second kappa shape index (κ2) is 4.77. The summed E-state index contributed by atoms with van der Waals surface area (Å²) >= 11 is 0. The molecule has 19 heavy (non-hydrogen) atoms. The quantitative estimate of drug-likeness (QED) is 0.620. The standard InChI is InChI=1S/C11H8N2O6/c1-18-11-8(12(14)15)5-7(6-9(11)13(16)17)10-3-2-4-19-10/h2-6H,1H3. The maximum absolute atomic E-state index is 10.9. The topological polar surface area (TPSA) is 109 Å². The van der Waals surface area contributed by atoms with Gasteiger partial charge in [-0.25, -0.2) is 0 Å². The molecule has 0 amide bonds. The Hall–Kier alpha value is -2.90. The number of hydrogen-bond donors (Lipinski definition) is 0. The lowest BCUT2D eigenvalue weighted by atomic mass is 10.1. The van der Waals surface area contributed by atoms with Gasteiger partial charge in [-0.1, -0.05) is 0 Å². The average molecular weight is 264 g/mol. The summed E-state index contributed by atoms with van der Waals surface area (Å²) in [6, 6.07) is 5.47. The van der Waals surface area contributed by atoms with Gasteiger partial charge in [0.1, 0.15) is 5.76 Å². The van der Waals surface area contributed by atoms with Gasteiger partial charge in [-0.05, 0) is 12.1 Å². The number of furan rings is 1. The van der Waals surface area contributed by atoms with Crippen LogP contribution in [0.25, 0.3) is 11.3 Å². The first-order valence-corrected chi connectivity index (χ1v) is 5.09. The van der Waals surface area contributed by atoms with Crippen molar-refractivity contribution >= 4 is 11.4 Å². The van der Waals surface area contributed by atoms with Crippen LogP contribution >= 0.6 is 0 Å². The summed E-state index contributed by atoms with van der Waals surface area (Å²) in [7, 11) is 1.14. The van der Waals surface area contributed by atoms with Crippen molar-refractivity contribution in [3.05, 3.63) is 50.8 Å². The molecule has 0 unspecified atom stereocenters. The molecule has 2 rings (SSSR count). The van der Waals surface area contributed by atoms with Crippen molar-refractivity contribution in [2.45, 2.75) is 0 Å². The lowest BCUT2D eigenvalue weighted by molar-refractivity contribution is -0.395. The number of ether oxygens (including phenoxy) is 1. The zero-order valence-corrected chi connectivity index (χ0v) is 9.73. The van der Waals surface area contributed by atoms with Crippen molar-refractivity contribution < 1.29 is 19.0 Å². The van der Waals surface area contributed by atoms with Gasteiger partial charge < -0.3 is 9.15 Å². The molecular weight excluding hydrogens is 256 g/mol. The molecule has 0 spiro atoms. The summed E-state index contributed by atoms with van der Waals surface area (Å²) in [6.45, 7) is 0. The van der Waals surface area contributed by atoms with Crippen LogP contribution in [0.1, 0.15) is 0 Å². The number of nitrogens with zero attached hydrogens (tertiary/aromatic N) is 2. The first-order chi connectivity index (χ1) is 9.04. The van der Waals surface area contributed by atoms with E-state index in [4.69, 9.17) is 9.15 Å². The van der Waals surface area contributed by atoms with E-state index in [9.17, 15) is 20.2 Å². The minimum absolute atomic E-state index is 0.240. The molecule has 0 atom stereocenters. The third kappa shape index (κ3) is 2.23. The maximum Gasteiger partial charge on any atom is 0.319 e. The van der Waals surface area contributed by atoms with Crippen molar-refractivity contribution in [2.24, 2.45) is 0 Å². The molecule has 1 aromatic heterocycles. The molecule has 0 saturated carbocycles. The first-order valence-electron chi connectivity index (χ1n) is 5.09. The first kappa shape index (κ1) is 12.6. The second-order valence-corrected chi connectivity index (χ2v) is 3.54. The van der Waals surface area contributed by atoms with E-state index in [0.29, 0.717) is 5.76 Å². The molecule has 0 saturated heterocycles. The Morgan fingerprint density at radius 3 is 2.11 bits per heavy atom. The Kier molecular flexibility index (Phi) is 3.15. The molecule has 0 fully saturated rings. The van der Waals surface area contributed by atoms with Crippen molar-refractivity contribution in [1.29, 1.82) is 0 Å². The van der Waals surface area contributed by atoms with E-state index in [1.165, 1.54) is 18.4 Å². The molecule has 98 valence electrons. The van der Waals surface area contributed by atoms with Crippen LogP contribution in [0.3, 0.4) is 0 Å². The number of benzene rings is 1. The summed E-state index contributed by atoms with van der Waals surface area (Å²) < 4.78 is 9.83. The van der Waals surface area contributed by atoms with Crippen LogP contribution in [-0.4, -0.2) is 17.0 Å². The van der Waals surface area contributed by atoms with Crippen molar-refractivity contribution in [3.8, 4) is 17.1 Å². The molecule has 1 heterocycles. The number of nitro benzene ring substituents is 2. The molecule has 0 aliphatic carbocycles. The van der Waals surface area contributed by atoms with Crippen LogP contribution in [0, 0.1) is 20.2 Å². The molecule has 8 nitrogen and oxygen atoms in total. The van der Waals surface area contributed by atoms with E-state index < -0.39 is 21.2 Å². The van der Waals surface area contributed by atoms with Crippen molar-refractivity contribution in [1.82, 2.24) is 0 Å². The fraction of sp³-hybridized carbons (Fsp3) is 0.0909. The van der Waals surface area contributed by atoms with E-state index in [0.717, 1.165) is 7.11 Å². The zero-order valence-electron chi connectivity index (χ0n) is 9.73. The van der Waals surface area contributed by atoms with E-state index in [1.54, 1.807) is 12.1 Å². The number of nitro groups is 2. The Bertz CT molecular complexity index is 600. The number of methoxy groups -OCH3 is 1. The van der Waals surface area contributed by atoms with Gasteiger partial charge in [-0.15, -0.1) is 0 Å². The van der Waals surface area contributed by atoms with Gasteiger partial charge in [-0.3, -0.25) is 20.2 Å². The molecule has 1 aromatic carbocycles. The molecule has 0 aliphatic rings. The molecule has 0 N–H and O–H groups in total. The SMILES string of the molecule is COc1c([N+](=O)[O-])cc(-c2ccco2)cc1[N+](=O)[O-]. The predicted octanol–water partition coefficient (Wildman–Crippen LogP) is 2.77. The van der Waals surface area contributed by atoms with Crippen LogP contribution in [0.5, 0.6) is 5.75 Å². The van der Waals surface area contributed by atoms with Crippen LogP contribution in [-0.2, 0) is 0 Å². The normalized spacial score (nSPS) is 10.2. The minimum atomic E-state index is -0.738. The van der Waals surface area contributed by atoms with Gasteiger partial charge in [0, 0.05) is 17.7 Å². The van der Waals surface area contributed by atoms with Gasteiger partial charge in [0.15, 0.2) is 0 Å². The summed E-state index contributed by atoms with van der Waals surface area (Å²) in [6.07, 6.45) is 1.37.